The average Bonchev–Trinajstić information content (AvgIpc) is 3.27. The van der Waals surface area contributed by atoms with Crippen LogP contribution in [0, 0.1) is 5.82 Å². The van der Waals surface area contributed by atoms with Crippen LogP contribution < -0.4 is 10.2 Å². The van der Waals surface area contributed by atoms with E-state index in [9.17, 15) is 17.6 Å². The summed E-state index contributed by atoms with van der Waals surface area (Å²) in [6.45, 7) is 1.59. The summed E-state index contributed by atoms with van der Waals surface area (Å²) in [4.78, 5) is 18.5. The molecular weight excluding hydrogens is 427 g/mol. The molecule has 1 N–H and O–H groups in total. The summed E-state index contributed by atoms with van der Waals surface area (Å²) in [5.41, 5.74) is 1.10. The fourth-order valence-corrected chi connectivity index (χ4v) is 5.23. The predicted molar refractivity (Wildman–Crippen MR) is 114 cm³/mol. The third-order valence-corrected chi connectivity index (χ3v) is 7.40. The van der Waals surface area contributed by atoms with Crippen molar-refractivity contribution in [1.82, 2.24) is 9.29 Å². The lowest BCUT2D eigenvalue weighted by Gasteiger charge is -2.35. The number of sulfonamides is 1. The van der Waals surface area contributed by atoms with E-state index in [1.807, 2.05) is 4.90 Å². The molecule has 10 heteroatoms. The fourth-order valence-electron chi connectivity index (χ4n) is 3.24. The Bertz CT molecular complexity index is 1130. The van der Waals surface area contributed by atoms with Gasteiger partial charge in [-0.15, -0.1) is 11.3 Å². The van der Waals surface area contributed by atoms with E-state index in [1.165, 1.54) is 39.9 Å². The van der Waals surface area contributed by atoms with E-state index in [-0.39, 0.29) is 16.3 Å². The van der Waals surface area contributed by atoms with Crippen molar-refractivity contribution in [3.8, 4) is 0 Å². The maximum absolute atomic E-state index is 13.1. The Balaban J connectivity index is 1.46. The number of carbonyl (C=O) groups excluding carboxylic acids is 1. The summed E-state index contributed by atoms with van der Waals surface area (Å²) in [6, 6.07) is 12.1. The first kappa shape index (κ1) is 20.5. The Labute approximate surface area is 177 Å². The number of benzene rings is 2. The molecule has 1 aliphatic heterocycles. The Morgan fingerprint density at radius 1 is 1.07 bits per heavy atom. The van der Waals surface area contributed by atoms with Gasteiger partial charge in [-0.3, -0.25) is 10.1 Å². The molecule has 1 aromatic heterocycles. The van der Waals surface area contributed by atoms with Gasteiger partial charge in [0.2, 0.25) is 10.0 Å². The van der Waals surface area contributed by atoms with Crippen LogP contribution in [0.15, 0.2) is 65.0 Å². The first-order valence-electron chi connectivity index (χ1n) is 9.25. The first-order valence-corrected chi connectivity index (χ1v) is 11.6. The number of thiazole rings is 1. The van der Waals surface area contributed by atoms with Crippen LogP contribution in [-0.2, 0) is 10.0 Å². The average molecular weight is 447 g/mol. The van der Waals surface area contributed by atoms with Crippen LogP contribution in [0.1, 0.15) is 10.4 Å². The molecule has 7 nitrogen and oxygen atoms in total. The highest BCUT2D eigenvalue weighted by Crippen LogP contribution is 2.22. The number of rotatable bonds is 5. The normalized spacial score (nSPS) is 15.2. The van der Waals surface area contributed by atoms with E-state index < -0.39 is 15.9 Å². The number of hydrogen-bond donors (Lipinski definition) is 1. The molecule has 1 saturated heterocycles. The number of aromatic nitrogens is 1. The summed E-state index contributed by atoms with van der Waals surface area (Å²) >= 11 is 1.28. The first-order chi connectivity index (χ1) is 14.4. The van der Waals surface area contributed by atoms with Gasteiger partial charge in [0.25, 0.3) is 5.91 Å². The summed E-state index contributed by atoms with van der Waals surface area (Å²) in [6.07, 6.45) is 1.58. The van der Waals surface area contributed by atoms with Crippen LogP contribution >= 0.6 is 11.3 Å². The van der Waals surface area contributed by atoms with E-state index in [1.54, 1.807) is 35.8 Å². The summed E-state index contributed by atoms with van der Waals surface area (Å²) in [7, 11) is -3.74. The van der Waals surface area contributed by atoms with Gasteiger partial charge in [-0.05, 0) is 42.5 Å². The highest BCUT2D eigenvalue weighted by molar-refractivity contribution is 7.89. The molecule has 3 aromatic rings. The van der Waals surface area contributed by atoms with E-state index in [0.29, 0.717) is 31.3 Å². The Morgan fingerprint density at radius 2 is 1.80 bits per heavy atom. The van der Waals surface area contributed by atoms with Crippen molar-refractivity contribution in [3.05, 3.63) is 71.5 Å². The van der Waals surface area contributed by atoms with Crippen molar-refractivity contribution in [1.29, 1.82) is 0 Å². The molecule has 1 fully saturated rings. The van der Waals surface area contributed by atoms with Crippen LogP contribution in [0.4, 0.5) is 15.2 Å². The van der Waals surface area contributed by atoms with Gasteiger partial charge in [0.1, 0.15) is 5.82 Å². The van der Waals surface area contributed by atoms with E-state index in [4.69, 9.17) is 0 Å². The molecule has 0 radical (unpaired) electrons. The fraction of sp³-hybridized carbons (Fsp3) is 0.200. The number of carbonyl (C=O) groups is 1. The van der Waals surface area contributed by atoms with E-state index in [0.717, 1.165) is 5.69 Å². The third-order valence-electron chi connectivity index (χ3n) is 4.82. The van der Waals surface area contributed by atoms with Gasteiger partial charge in [-0.25, -0.2) is 17.8 Å². The molecule has 156 valence electrons. The monoisotopic (exact) mass is 446 g/mol. The van der Waals surface area contributed by atoms with Crippen molar-refractivity contribution in [2.24, 2.45) is 0 Å². The topological polar surface area (TPSA) is 82.6 Å². The van der Waals surface area contributed by atoms with Crippen molar-refractivity contribution < 1.29 is 17.6 Å². The van der Waals surface area contributed by atoms with Gasteiger partial charge >= 0.3 is 0 Å². The number of amides is 1. The van der Waals surface area contributed by atoms with Gasteiger partial charge in [-0.2, -0.15) is 4.31 Å². The van der Waals surface area contributed by atoms with Gasteiger partial charge in [0.05, 0.1) is 4.90 Å². The van der Waals surface area contributed by atoms with Crippen molar-refractivity contribution in [2.45, 2.75) is 4.90 Å². The number of nitrogens with zero attached hydrogens (tertiary/aromatic N) is 3. The van der Waals surface area contributed by atoms with Crippen LogP contribution in [0.5, 0.6) is 0 Å². The maximum atomic E-state index is 13.1. The molecule has 1 aliphatic rings. The second-order valence-electron chi connectivity index (χ2n) is 6.69. The van der Waals surface area contributed by atoms with Crippen molar-refractivity contribution >= 4 is 38.1 Å². The minimum Gasteiger partial charge on any atom is -0.369 e. The zero-order valence-corrected chi connectivity index (χ0v) is 17.5. The molecule has 2 heterocycles. The van der Waals surface area contributed by atoms with Crippen LogP contribution in [0.2, 0.25) is 0 Å². The second-order valence-corrected chi connectivity index (χ2v) is 9.52. The molecule has 0 spiro atoms. The number of nitrogens with one attached hydrogen (secondary N) is 1. The molecule has 1 amide bonds. The summed E-state index contributed by atoms with van der Waals surface area (Å²) in [5, 5.41) is 4.84. The Morgan fingerprint density at radius 3 is 2.47 bits per heavy atom. The van der Waals surface area contributed by atoms with Crippen LogP contribution in [0.25, 0.3) is 0 Å². The predicted octanol–water partition coefficient (Wildman–Crippen LogP) is 3.05. The van der Waals surface area contributed by atoms with Crippen LogP contribution in [0.3, 0.4) is 0 Å². The molecular formula is C20H19FN4O3S2. The zero-order valence-electron chi connectivity index (χ0n) is 15.9. The SMILES string of the molecule is O=C(Nc1nccs1)c1cccc(S(=O)(=O)N2CCN(c3ccc(F)cc3)CC2)c1. The molecule has 0 unspecified atom stereocenters. The highest BCUT2D eigenvalue weighted by atomic mass is 32.2. The molecule has 2 aromatic carbocycles. The van der Waals surface area contributed by atoms with Crippen molar-refractivity contribution in [3.63, 3.8) is 0 Å². The Kier molecular flexibility index (Phi) is 5.80. The van der Waals surface area contributed by atoms with Gasteiger partial charge in [0, 0.05) is 49.0 Å². The van der Waals surface area contributed by atoms with Gasteiger partial charge in [0.15, 0.2) is 5.13 Å². The summed E-state index contributed by atoms with van der Waals surface area (Å²) in [5.74, 6) is -0.720. The lowest BCUT2D eigenvalue weighted by atomic mass is 10.2. The quantitative estimate of drug-likeness (QED) is 0.651. The number of piperazine rings is 1. The van der Waals surface area contributed by atoms with E-state index in [2.05, 4.69) is 10.3 Å². The molecule has 4 rings (SSSR count). The molecule has 0 atom stereocenters. The second kappa shape index (κ2) is 8.50. The molecule has 0 aliphatic carbocycles. The number of halogens is 1. The number of anilines is 2. The van der Waals surface area contributed by atoms with Gasteiger partial charge < -0.3 is 4.90 Å². The lowest BCUT2D eigenvalue weighted by molar-refractivity contribution is 0.102. The van der Waals surface area contributed by atoms with Crippen molar-refractivity contribution in [2.75, 3.05) is 36.4 Å². The maximum Gasteiger partial charge on any atom is 0.257 e. The standard InChI is InChI=1S/C20H19FN4O3S2/c21-16-4-6-17(7-5-16)24-9-11-25(12-10-24)30(27,28)18-3-1-2-15(14-18)19(26)23-20-22-8-13-29-20/h1-8,13-14H,9-12H2,(H,22,23,26). The molecule has 0 saturated carbocycles. The summed E-state index contributed by atoms with van der Waals surface area (Å²) < 4.78 is 40.7. The minimum atomic E-state index is -3.74. The van der Waals surface area contributed by atoms with E-state index >= 15 is 0 Å². The Hall–Kier alpha value is -2.82. The van der Waals surface area contributed by atoms with Crippen LogP contribution in [-0.4, -0.2) is 49.8 Å². The molecule has 30 heavy (non-hydrogen) atoms. The van der Waals surface area contributed by atoms with Gasteiger partial charge in [-0.1, -0.05) is 6.07 Å². The smallest absolute Gasteiger partial charge is 0.257 e. The minimum absolute atomic E-state index is 0.0736. The third kappa shape index (κ3) is 4.35. The number of hydrogen-bond acceptors (Lipinski definition) is 6. The highest BCUT2D eigenvalue weighted by Gasteiger charge is 2.29. The lowest BCUT2D eigenvalue weighted by Crippen LogP contribution is -2.48. The largest absolute Gasteiger partial charge is 0.369 e. The zero-order chi connectivity index (χ0) is 21.1. The molecule has 0 bridgehead atoms.